The summed E-state index contributed by atoms with van der Waals surface area (Å²) in [5.41, 5.74) is 2.16. The summed E-state index contributed by atoms with van der Waals surface area (Å²) in [5.74, 6) is -1.04. The fourth-order valence-electron chi connectivity index (χ4n) is 3.45. The number of esters is 1. The van der Waals surface area contributed by atoms with E-state index in [1.54, 1.807) is 25.7 Å². The molecule has 0 saturated carbocycles. The van der Waals surface area contributed by atoms with E-state index in [0.29, 0.717) is 33.5 Å². The van der Waals surface area contributed by atoms with Crippen molar-refractivity contribution < 1.29 is 28.2 Å². The van der Waals surface area contributed by atoms with Gasteiger partial charge in [0, 0.05) is 17.5 Å². The highest BCUT2D eigenvalue weighted by molar-refractivity contribution is 7.13. The van der Waals surface area contributed by atoms with E-state index in [9.17, 15) is 14.0 Å². The zero-order valence-corrected chi connectivity index (χ0v) is 17.6. The third-order valence-electron chi connectivity index (χ3n) is 4.89. The standard InChI is InChI=1S/C22H19FN2O5S/c1-28-18-5-3-4-15(20(18)29-2)21-24-13(11-31-21)10-30-22(27)16-9-19(26)25-17-8-12(23)6-7-14(16)17/h3-8,11,16H,9-10H2,1-2H3,(H,25,26). The van der Waals surface area contributed by atoms with Gasteiger partial charge >= 0.3 is 5.97 Å². The van der Waals surface area contributed by atoms with Crippen LogP contribution < -0.4 is 14.8 Å². The zero-order valence-electron chi connectivity index (χ0n) is 16.8. The monoisotopic (exact) mass is 442 g/mol. The Morgan fingerprint density at radius 1 is 1.26 bits per heavy atom. The molecule has 1 amide bonds. The first-order valence-corrected chi connectivity index (χ1v) is 10.3. The maximum atomic E-state index is 13.5. The topological polar surface area (TPSA) is 86.8 Å². The van der Waals surface area contributed by atoms with E-state index in [0.717, 1.165) is 5.56 Å². The molecule has 160 valence electrons. The molecule has 0 aliphatic carbocycles. The Kier molecular flexibility index (Phi) is 5.85. The van der Waals surface area contributed by atoms with Gasteiger partial charge in [0.05, 0.1) is 31.4 Å². The summed E-state index contributed by atoms with van der Waals surface area (Å²) in [7, 11) is 3.12. The number of anilines is 1. The van der Waals surface area contributed by atoms with Crippen molar-refractivity contribution in [2.24, 2.45) is 0 Å². The van der Waals surface area contributed by atoms with Crippen LogP contribution in [0.3, 0.4) is 0 Å². The number of para-hydroxylation sites is 1. The molecule has 1 N–H and O–H groups in total. The van der Waals surface area contributed by atoms with Crippen molar-refractivity contribution in [1.82, 2.24) is 4.98 Å². The van der Waals surface area contributed by atoms with Gasteiger partial charge in [-0.05, 0) is 29.8 Å². The first-order valence-electron chi connectivity index (χ1n) is 9.42. The van der Waals surface area contributed by atoms with Crippen LogP contribution in [0.15, 0.2) is 41.8 Å². The molecule has 0 saturated heterocycles. The Morgan fingerprint density at radius 2 is 2.10 bits per heavy atom. The molecule has 31 heavy (non-hydrogen) atoms. The molecule has 1 aliphatic rings. The number of rotatable bonds is 6. The Hall–Kier alpha value is -3.46. The number of aromatic nitrogens is 1. The summed E-state index contributed by atoms with van der Waals surface area (Å²) in [5, 5.41) is 5.07. The van der Waals surface area contributed by atoms with E-state index in [-0.39, 0.29) is 18.9 Å². The number of nitrogens with zero attached hydrogens (tertiary/aromatic N) is 1. The molecule has 0 bridgehead atoms. The molecule has 2 aromatic carbocycles. The number of carbonyl (C=O) groups is 2. The number of fused-ring (bicyclic) bond motifs is 1. The molecular weight excluding hydrogens is 423 g/mol. The van der Waals surface area contributed by atoms with Gasteiger partial charge in [-0.25, -0.2) is 9.37 Å². The van der Waals surface area contributed by atoms with Crippen molar-refractivity contribution in [3.8, 4) is 22.1 Å². The van der Waals surface area contributed by atoms with E-state index in [2.05, 4.69) is 10.3 Å². The van der Waals surface area contributed by atoms with Gasteiger partial charge in [0.25, 0.3) is 0 Å². The average molecular weight is 442 g/mol. The number of methoxy groups -OCH3 is 2. The molecule has 7 nitrogen and oxygen atoms in total. The SMILES string of the molecule is COc1cccc(-c2nc(COC(=O)C3CC(=O)Nc4cc(F)ccc43)cs2)c1OC. The minimum absolute atomic E-state index is 0.0454. The predicted octanol–water partition coefficient (Wildman–Crippen LogP) is 4.14. The molecule has 0 fully saturated rings. The molecule has 3 aromatic rings. The third kappa shape index (κ3) is 4.22. The summed E-state index contributed by atoms with van der Waals surface area (Å²) in [6, 6.07) is 9.44. The van der Waals surface area contributed by atoms with Crippen LogP contribution in [0.5, 0.6) is 11.5 Å². The number of amides is 1. The number of thiazole rings is 1. The number of benzene rings is 2. The van der Waals surface area contributed by atoms with Crippen molar-refractivity contribution in [2.75, 3.05) is 19.5 Å². The van der Waals surface area contributed by atoms with Crippen LogP contribution in [0.2, 0.25) is 0 Å². The summed E-state index contributed by atoms with van der Waals surface area (Å²) >= 11 is 1.39. The van der Waals surface area contributed by atoms with E-state index in [4.69, 9.17) is 14.2 Å². The van der Waals surface area contributed by atoms with Gasteiger partial charge in [-0.15, -0.1) is 11.3 Å². The Morgan fingerprint density at radius 3 is 2.87 bits per heavy atom. The quantitative estimate of drug-likeness (QED) is 0.578. The normalized spacial score (nSPS) is 15.1. The highest BCUT2D eigenvalue weighted by atomic mass is 32.1. The van der Waals surface area contributed by atoms with E-state index in [1.807, 2.05) is 12.1 Å². The number of ether oxygens (including phenoxy) is 3. The van der Waals surface area contributed by atoms with Crippen molar-refractivity contribution in [2.45, 2.75) is 18.9 Å². The summed E-state index contributed by atoms with van der Waals surface area (Å²) in [6.07, 6.45) is -0.0548. The molecule has 0 spiro atoms. The Labute approximate surface area is 181 Å². The number of hydrogen-bond donors (Lipinski definition) is 1. The fourth-order valence-corrected chi connectivity index (χ4v) is 4.27. The predicted molar refractivity (Wildman–Crippen MR) is 113 cm³/mol. The van der Waals surface area contributed by atoms with Crippen LogP contribution in [0, 0.1) is 5.82 Å². The van der Waals surface area contributed by atoms with E-state index in [1.165, 1.54) is 29.5 Å². The molecule has 1 aromatic heterocycles. The second kappa shape index (κ2) is 8.73. The molecule has 1 atom stereocenters. The van der Waals surface area contributed by atoms with Crippen LogP contribution in [0.25, 0.3) is 10.6 Å². The molecule has 0 radical (unpaired) electrons. The summed E-state index contributed by atoms with van der Waals surface area (Å²) in [6.45, 7) is -0.0454. The lowest BCUT2D eigenvalue weighted by molar-refractivity contribution is -0.148. The minimum Gasteiger partial charge on any atom is -0.493 e. The van der Waals surface area contributed by atoms with Gasteiger partial charge in [-0.3, -0.25) is 9.59 Å². The van der Waals surface area contributed by atoms with Gasteiger partial charge in [0.1, 0.15) is 17.4 Å². The first-order chi connectivity index (χ1) is 15.0. The maximum absolute atomic E-state index is 13.5. The van der Waals surface area contributed by atoms with Crippen LogP contribution in [-0.4, -0.2) is 31.1 Å². The maximum Gasteiger partial charge on any atom is 0.314 e. The van der Waals surface area contributed by atoms with Crippen LogP contribution >= 0.6 is 11.3 Å². The smallest absolute Gasteiger partial charge is 0.314 e. The van der Waals surface area contributed by atoms with Crippen LogP contribution in [-0.2, 0) is 20.9 Å². The minimum atomic E-state index is -0.791. The van der Waals surface area contributed by atoms with E-state index >= 15 is 0 Å². The number of halogens is 1. The van der Waals surface area contributed by atoms with Gasteiger partial charge < -0.3 is 19.5 Å². The van der Waals surface area contributed by atoms with Crippen molar-refractivity contribution in [3.63, 3.8) is 0 Å². The lowest BCUT2D eigenvalue weighted by Crippen LogP contribution is -2.28. The van der Waals surface area contributed by atoms with Gasteiger partial charge in [0.15, 0.2) is 11.5 Å². The lowest BCUT2D eigenvalue weighted by Gasteiger charge is -2.24. The molecular formula is C22H19FN2O5S. The van der Waals surface area contributed by atoms with E-state index < -0.39 is 17.7 Å². The second-order valence-electron chi connectivity index (χ2n) is 6.83. The molecule has 9 heteroatoms. The fraction of sp³-hybridized carbons (Fsp3) is 0.227. The number of nitrogens with one attached hydrogen (secondary N) is 1. The zero-order chi connectivity index (χ0) is 22.0. The lowest BCUT2D eigenvalue weighted by atomic mass is 9.90. The molecule has 2 heterocycles. The average Bonchev–Trinajstić information content (AvgIpc) is 3.24. The Balaban J connectivity index is 1.49. The van der Waals surface area contributed by atoms with Crippen LogP contribution in [0.1, 0.15) is 23.6 Å². The van der Waals surface area contributed by atoms with Gasteiger partial charge in [0.2, 0.25) is 5.91 Å². The van der Waals surface area contributed by atoms with Gasteiger partial charge in [-0.2, -0.15) is 0 Å². The highest BCUT2D eigenvalue weighted by Gasteiger charge is 2.32. The van der Waals surface area contributed by atoms with Crippen molar-refractivity contribution in [3.05, 3.63) is 58.9 Å². The second-order valence-corrected chi connectivity index (χ2v) is 7.69. The number of carbonyl (C=O) groups excluding carboxylic acids is 2. The Bertz CT molecular complexity index is 1150. The van der Waals surface area contributed by atoms with Gasteiger partial charge in [-0.1, -0.05) is 12.1 Å². The largest absolute Gasteiger partial charge is 0.493 e. The molecule has 4 rings (SSSR count). The molecule has 1 aliphatic heterocycles. The van der Waals surface area contributed by atoms with Crippen molar-refractivity contribution >= 4 is 28.9 Å². The highest BCUT2D eigenvalue weighted by Crippen LogP contribution is 2.39. The van der Waals surface area contributed by atoms with Crippen LogP contribution in [0.4, 0.5) is 10.1 Å². The molecule has 1 unspecified atom stereocenters. The number of hydrogen-bond acceptors (Lipinski definition) is 7. The summed E-state index contributed by atoms with van der Waals surface area (Å²) < 4.78 is 29.7. The van der Waals surface area contributed by atoms with Crippen molar-refractivity contribution in [1.29, 1.82) is 0 Å². The first kappa shape index (κ1) is 20.8. The summed E-state index contributed by atoms with van der Waals surface area (Å²) in [4.78, 5) is 29.1. The third-order valence-corrected chi connectivity index (χ3v) is 5.81.